The van der Waals surface area contributed by atoms with Crippen LogP contribution in [0.3, 0.4) is 0 Å². The summed E-state index contributed by atoms with van der Waals surface area (Å²) in [5.41, 5.74) is 6.88. The molecule has 0 spiro atoms. The molecule has 0 radical (unpaired) electrons. The Balaban J connectivity index is 1.47. The van der Waals surface area contributed by atoms with Gasteiger partial charge in [-0.15, -0.1) is 0 Å². The van der Waals surface area contributed by atoms with E-state index in [-0.39, 0.29) is 11.9 Å². The first kappa shape index (κ1) is 19.1. The molecule has 3 heterocycles. The van der Waals surface area contributed by atoms with Gasteiger partial charge in [0.05, 0.1) is 0 Å². The number of hydrogen-bond donors (Lipinski definition) is 1. The Hall–Kier alpha value is -2.25. The van der Waals surface area contributed by atoms with E-state index in [1.54, 1.807) is 6.07 Å². The average molecular weight is 385 g/mol. The van der Waals surface area contributed by atoms with Crippen LogP contribution in [-0.4, -0.2) is 65.6 Å². The molecule has 1 aromatic carbocycles. The Kier molecular flexibility index (Phi) is 6.02. The smallest absolute Gasteiger partial charge is 0.134 e. The van der Waals surface area contributed by atoms with Crippen molar-refractivity contribution in [3.63, 3.8) is 0 Å². The summed E-state index contributed by atoms with van der Waals surface area (Å²) >= 11 is 0. The van der Waals surface area contributed by atoms with Crippen LogP contribution in [0.25, 0.3) is 0 Å². The topological polar surface area (TPSA) is 61.5 Å². The van der Waals surface area contributed by atoms with E-state index in [9.17, 15) is 4.39 Å². The van der Waals surface area contributed by atoms with Crippen molar-refractivity contribution in [1.29, 1.82) is 0 Å². The number of benzene rings is 1. The van der Waals surface area contributed by atoms with Gasteiger partial charge in [-0.3, -0.25) is 4.90 Å². The largest absolute Gasteiger partial charge is 0.384 e. The third kappa shape index (κ3) is 4.59. The molecule has 2 saturated heterocycles. The lowest BCUT2D eigenvalue weighted by molar-refractivity contribution is 0.119. The zero-order chi connectivity index (χ0) is 19.3. The predicted molar refractivity (Wildman–Crippen MR) is 110 cm³/mol. The lowest BCUT2D eigenvalue weighted by Gasteiger charge is -2.42. The molecule has 4 rings (SSSR count). The molecule has 0 bridgehead atoms. The van der Waals surface area contributed by atoms with E-state index >= 15 is 0 Å². The van der Waals surface area contributed by atoms with Gasteiger partial charge in [0.2, 0.25) is 0 Å². The van der Waals surface area contributed by atoms with Gasteiger partial charge in [-0.05, 0) is 43.6 Å². The molecule has 1 unspecified atom stereocenters. The first-order valence-corrected chi connectivity index (χ1v) is 10.2. The summed E-state index contributed by atoms with van der Waals surface area (Å²) in [4.78, 5) is 15.6. The molecule has 2 aromatic rings. The maximum atomic E-state index is 13.9. The van der Waals surface area contributed by atoms with Crippen molar-refractivity contribution in [3.05, 3.63) is 48.0 Å². The highest BCUT2D eigenvalue weighted by atomic mass is 19.1. The maximum Gasteiger partial charge on any atom is 0.134 e. The summed E-state index contributed by atoms with van der Waals surface area (Å²) in [7, 11) is 0. The highest BCUT2D eigenvalue weighted by Crippen LogP contribution is 2.26. The lowest BCUT2D eigenvalue weighted by atomic mass is 10.0. The van der Waals surface area contributed by atoms with Crippen molar-refractivity contribution in [1.82, 2.24) is 19.8 Å². The van der Waals surface area contributed by atoms with Gasteiger partial charge in [0, 0.05) is 44.8 Å². The number of nitrogens with zero attached hydrogens (tertiary/aromatic N) is 5. The van der Waals surface area contributed by atoms with Crippen molar-refractivity contribution < 1.29 is 4.39 Å². The number of nitrogen functional groups attached to an aromatic ring is 1. The van der Waals surface area contributed by atoms with Gasteiger partial charge in [0.1, 0.15) is 23.8 Å². The number of piperidine rings is 1. The molecule has 1 atom stereocenters. The minimum atomic E-state index is -0.156. The first-order valence-electron chi connectivity index (χ1n) is 10.2. The van der Waals surface area contributed by atoms with Crippen LogP contribution in [0, 0.1) is 5.82 Å². The fourth-order valence-electron chi connectivity index (χ4n) is 4.33. The number of halogens is 1. The second-order valence-corrected chi connectivity index (χ2v) is 7.76. The van der Waals surface area contributed by atoms with Crippen molar-refractivity contribution in [2.24, 2.45) is 0 Å². The van der Waals surface area contributed by atoms with Gasteiger partial charge >= 0.3 is 0 Å². The molecule has 2 N–H and O–H groups in total. The van der Waals surface area contributed by atoms with E-state index in [4.69, 9.17) is 5.73 Å². The van der Waals surface area contributed by atoms with Crippen LogP contribution in [0.5, 0.6) is 0 Å². The fraction of sp³-hybridized carbons (Fsp3) is 0.524. The Morgan fingerprint density at radius 1 is 0.964 bits per heavy atom. The molecule has 7 heteroatoms. The summed E-state index contributed by atoms with van der Waals surface area (Å²) in [6.07, 6.45) is 5.36. The minimum Gasteiger partial charge on any atom is -0.384 e. The summed E-state index contributed by atoms with van der Waals surface area (Å²) in [6, 6.07) is 9.16. The molecular formula is C21H29FN6. The number of rotatable bonds is 5. The summed E-state index contributed by atoms with van der Waals surface area (Å²) in [6.45, 7) is 6.84. The molecule has 0 amide bonds. The van der Waals surface area contributed by atoms with Gasteiger partial charge in [-0.1, -0.05) is 18.6 Å². The van der Waals surface area contributed by atoms with Crippen LogP contribution >= 0.6 is 0 Å². The molecule has 2 aliphatic rings. The lowest BCUT2D eigenvalue weighted by Crippen LogP contribution is -2.50. The van der Waals surface area contributed by atoms with Crippen molar-refractivity contribution in [2.75, 3.05) is 56.4 Å². The molecule has 28 heavy (non-hydrogen) atoms. The van der Waals surface area contributed by atoms with Crippen LogP contribution in [0.4, 0.5) is 16.0 Å². The maximum absolute atomic E-state index is 13.9. The quantitative estimate of drug-likeness (QED) is 0.855. The number of hydrogen-bond acceptors (Lipinski definition) is 6. The summed E-state index contributed by atoms with van der Waals surface area (Å²) in [5.74, 6) is 1.22. The standard InChI is InChI=1S/C21H29FN6/c22-18-6-4-5-17(13-18)19(15-26-7-2-1-3-8-26)27-9-11-28(12-10-27)21-14-20(23)24-16-25-21/h4-6,13-14,16,19H,1-3,7-12,15H2,(H2,23,24,25). The highest BCUT2D eigenvalue weighted by Gasteiger charge is 2.28. The van der Waals surface area contributed by atoms with E-state index in [0.29, 0.717) is 5.82 Å². The second kappa shape index (κ2) is 8.84. The molecule has 6 nitrogen and oxygen atoms in total. The number of piperazine rings is 1. The predicted octanol–water partition coefficient (Wildman–Crippen LogP) is 2.55. The third-order valence-electron chi connectivity index (χ3n) is 5.87. The zero-order valence-corrected chi connectivity index (χ0v) is 16.3. The van der Waals surface area contributed by atoms with Crippen molar-refractivity contribution in [2.45, 2.75) is 25.3 Å². The molecule has 1 aromatic heterocycles. The number of likely N-dealkylation sites (tertiary alicyclic amines) is 1. The van der Waals surface area contributed by atoms with Gasteiger partial charge in [0.25, 0.3) is 0 Å². The van der Waals surface area contributed by atoms with Gasteiger partial charge in [-0.25, -0.2) is 14.4 Å². The normalized spacial score (nSPS) is 20.2. The van der Waals surface area contributed by atoms with E-state index in [0.717, 1.165) is 57.2 Å². The molecule has 2 fully saturated rings. The first-order chi connectivity index (χ1) is 13.7. The van der Waals surface area contributed by atoms with Gasteiger partial charge in [0.15, 0.2) is 0 Å². The van der Waals surface area contributed by atoms with Crippen LogP contribution in [0.15, 0.2) is 36.7 Å². The number of nitrogens with two attached hydrogens (primary N) is 1. The monoisotopic (exact) mass is 384 g/mol. The molecule has 0 saturated carbocycles. The SMILES string of the molecule is Nc1cc(N2CCN(C(CN3CCCCC3)c3cccc(F)c3)CC2)ncn1. The zero-order valence-electron chi connectivity index (χ0n) is 16.3. The van der Waals surface area contributed by atoms with Crippen LogP contribution < -0.4 is 10.6 Å². The Bertz CT molecular complexity index is 771. The Morgan fingerprint density at radius 3 is 2.46 bits per heavy atom. The minimum absolute atomic E-state index is 0.156. The van der Waals surface area contributed by atoms with Crippen LogP contribution in [-0.2, 0) is 0 Å². The second-order valence-electron chi connectivity index (χ2n) is 7.76. The summed E-state index contributed by atoms with van der Waals surface area (Å²) < 4.78 is 13.9. The van der Waals surface area contributed by atoms with E-state index in [1.807, 2.05) is 12.1 Å². The molecular weight excluding hydrogens is 355 g/mol. The number of anilines is 2. The fourth-order valence-corrected chi connectivity index (χ4v) is 4.33. The van der Waals surface area contributed by atoms with Crippen molar-refractivity contribution >= 4 is 11.6 Å². The van der Waals surface area contributed by atoms with Crippen LogP contribution in [0.2, 0.25) is 0 Å². The summed E-state index contributed by atoms with van der Waals surface area (Å²) in [5, 5.41) is 0. The molecule has 0 aliphatic carbocycles. The Labute approximate surface area is 166 Å². The van der Waals surface area contributed by atoms with Gasteiger partial charge in [-0.2, -0.15) is 0 Å². The van der Waals surface area contributed by atoms with Gasteiger partial charge < -0.3 is 15.5 Å². The Morgan fingerprint density at radius 2 is 1.75 bits per heavy atom. The van der Waals surface area contributed by atoms with E-state index < -0.39 is 0 Å². The van der Waals surface area contributed by atoms with Crippen LogP contribution in [0.1, 0.15) is 30.9 Å². The number of aromatic nitrogens is 2. The molecule has 2 aliphatic heterocycles. The average Bonchev–Trinajstić information content (AvgIpc) is 2.73. The van der Waals surface area contributed by atoms with E-state index in [1.165, 1.54) is 31.7 Å². The third-order valence-corrected chi connectivity index (χ3v) is 5.87. The highest BCUT2D eigenvalue weighted by molar-refractivity contribution is 5.46. The van der Waals surface area contributed by atoms with E-state index in [2.05, 4.69) is 30.7 Å². The van der Waals surface area contributed by atoms with Crippen molar-refractivity contribution in [3.8, 4) is 0 Å². The molecule has 150 valence electrons.